The molecule has 1 N–H and O–H groups in total. The Morgan fingerprint density at radius 2 is 1.53 bits per heavy atom. The summed E-state index contributed by atoms with van der Waals surface area (Å²) in [5.74, 6) is 0. The van der Waals surface area contributed by atoms with Gasteiger partial charge in [-0.15, -0.1) is 0 Å². The fraction of sp³-hybridized carbons (Fsp3) is 0.667. The van der Waals surface area contributed by atoms with Gasteiger partial charge in [0.05, 0.1) is 5.60 Å². The fourth-order valence-electron chi connectivity index (χ4n) is 4.33. The van der Waals surface area contributed by atoms with E-state index in [1.807, 2.05) is 0 Å². The highest BCUT2D eigenvalue weighted by Crippen LogP contribution is 2.53. The van der Waals surface area contributed by atoms with Crippen molar-refractivity contribution in [2.45, 2.75) is 70.8 Å². The molecule has 0 aromatic heterocycles. The number of hydrogen-bond donors (Lipinski definition) is 1. The molecule has 0 bridgehead atoms. The van der Waals surface area contributed by atoms with Gasteiger partial charge >= 0.3 is 0 Å². The highest BCUT2D eigenvalue weighted by atomic mass is 16.3. The maximum atomic E-state index is 11.1. The van der Waals surface area contributed by atoms with Crippen LogP contribution in [0, 0.1) is 19.3 Å². The van der Waals surface area contributed by atoms with E-state index in [2.05, 4.69) is 32.0 Å². The number of aliphatic hydroxyl groups is 1. The zero-order valence-corrected chi connectivity index (χ0v) is 12.3. The van der Waals surface area contributed by atoms with Crippen LogP contribution in [0.1, 0.15) is 68.1 Å². The molecule has 104 valence electrons. The Morgan fingerprint density at radius 1 is 0.895 bits per heavy atom. The van der Waals surface area contributed by atoms with Gasteiger partial charge in [-0.2, -0.15) is 0 Å². The van der Waals surface area contributed by atoms with Gasteiger partial charge < -0.3 is 5.11 Å². The van der Waals surface area contributed by atoms with Gasteiger partial charge in [0.2, 0.25) is 0 Å². The molecule has 0 unspecified atom stereocenters. The smallest absolute Gasteiger partial charge is 0.0899 e. The van der Waals surface area contributed by atoms with Crippen LogP contribution in [0.15, 0.2) is 18.2 Å². The molecule has 1 aromatic carbocycles. The molecular formula is C18H26O. The standard InChI is InChI=1S/C18H26O/c1-14-5-6-15(2)16(13-14)18(19)11-9-17(10-12-18)7-3-4-8-17/h5-6,13,19H,3-4,7-12H2,1-2H3. The average molecular weight is 258 g/mol. The molecule has 2 fully saturated rings. The van der Waals surface area contributed by atoms with Crippen molar-refractivity contribution in [1.82, 2.24) is 0 Å². The lowest BCUT2D eigenvalue weighted by Crippen LogP contribution is -2.36. The molecule has 1 spiro atoms. The average Bonchev–Trinajstić information content (AvgIpc) is 2.85. The first-order chi connectivity index (χ1) is 9.03. The number of aryl methyl sites for hydroxylation is 2. The first-order valence-electron chi connectivity index (χ1n) is 7.83. The molecule has 0 aliphatic heterocycles. The minimum Gasteiger partial charge on any atom is -0.385 e. The van der Waals surface area contributed by atoms with Gasteiger partial charge in [0.1, 0.15) is 0 Å². The van der Waals surface area contributed by atoms with E-state index in [9.17, 15) is 5.11 Å². The van der Waals surface area contributed by atoms with Crippen molar-refractivity contribution >= 4 is 0 Å². The van der Waals surface area contributed by atoms with E-state index in [4.69, 9.17) is 0 Å². The Morgan fingerprint density at radius 3 is 2.16 bits per heavy atom. The van der Waals surface area contributed by atoms with Gasteiger partial charge in [-0.3, -0.25) is 0 Å². The fourth-order valence-corrected chi connectivity index (χ4v) is 4.33. The van der Waals surface area contributed by atoms with E-state index in [0.717, 1.165) is 12.8 Å². The summed E-state index contributed by atoms with van der Waals surface area (Å²) < 4.78 is 0. The lowest BCUT2D eigenvalue weighted by Gasteiger charge is -2.43. The van der Waals surface area contributed by atoms with Crippen LogP contribution in [-0.4, -0.2) is 5.11 Å². The molecule has 0 heterocycles. The molecule has 19 heavy (non-hydrogen) atoms. The van der Waals surface area contributed by atoms with Crippen molar-refractivity contribution in [1.29, 1.82) is 0 Å². The molecule has 2 aliphatic rings. The second-order valence-electron chi connectivity index (χ2n) is 7.06. The van der Waals surface area contributed by atoms with Gasteiger partial charge in [0.25, 0.3) is 0 Å². The molecule has 2 aliphatic carbocycles. The third-order valence-corrected chi connectivity index (χ3v) is 5.70. The second-order valence-corrected chi connectivity index (χ2v) is 7.06. The van der Waals surface area contributed by atoms with Crippen molar-refractivity contribution in [3.8, 4) is 0 Å². The number of benzene rings is 1. The summed E-state index contributed by atoms with van der Waals surface area (Å²) in [6.07, 6.45) is 9.96. The topological polar surface area (TPSA) is 20.2 Å². The van der Waals surface area contributed by atoms with E-state index >= 15 is 0 Å². The summed E-state index contributed by atoms with van der Waals surface area (Å²) >= 11 is 0. The largest absolute Gasteiger partial charge is 0.385 e. The maximum Gasteiger partial charge on any atom is 0.0899 e. The molecular weight excluding hydrogens is 232 g/mol. The first-order valence-corrected chi connectivity index (χ1v) is 7.83. The Bertz CT molecular complexity index is 459. The van der Waals surface area contributed by atoms with Crippen LogP contribution in [0.4, 0.5) is 0 Å². The molecule has 0 saturated heterocycles. The quantitative estimate of drug-likeness (QED) is 0.779. The molecule has 0 atom stereocenters. The number of rotatable bonds is 1. The Kier molecular flexibility index (Phi) is 3.21. The normalized spacial score (nSPS) is 24.8. The zero-order chi connectivity index (χ0) is 13.5. The van der Waals surface area contributed by atoms with E-state index in [-0.39, 0.29) is 0 Å². The Balaban J connectivity index is 1.83. The summed E-state index contributed by atoms with van der Waals surface area (Å²) in [5, 5.41) is 11.1. The lowest BCUT2D eigenvalue weighted by molar-refractivity contribution is -0.0381. The van der Waals surface area contributed by atoms with Crippen molar-refractivity contribution in [2.75, 3.05) is 0 Å². The van der Waals surface area contributed by atoms with E-state index < -0.39 is 5.60 Å². The molecule has 3 rings (SSSR count). The van der Waals surface area contributed by atoms with Crippen molar-refractivity contribution in [2.24, 2.45) is 5.41 Å². The summed E-state index contributed by atoms with van der Waals surface area (Å²) in [4.78, 5) is 0. The van der Waals surface area contributed by atoms with Crippen molar-refractivity contribution in [3.05, 3.63) is 34.9 Å². The summed E-state index contributed by atoms with van der Waals surface area (Å²) in [7, 11) is 0. The summed E-state index contributed by atoms with van der Waals surface area (Å²) in [6, 6.07) is 6.49. The summed E-state index contributed by atoms with van der Waals surface area (Å²) in [5.41, 5.74) is 3.71. The van der Waals surface area contributed by atoms with Gasteiger partial charge in [-0.25, -0.2) is 0 Å². The Hall–Kier alpha value is -0.820. The minimum absolute atomic E-state index is 0.566. The molecule has 0 amide bonds. The van der Waals surface area contributed by atoms with E-state index in [1.165, 1.54) is 55.2 Å². The predicted octanol–water partition coefficient (Wildman–Crippen LogP) is 4.63. The van der Waals surface area contributed by atoms with Crippen molar-refractivity contribution < 1.29 is 5.11 Å². The van der Waals surface area contributed by atoms with Crippen LogP contribution in [0.5, 0.6) is 0 Å². The zero-order valence-electron chi connectivity index (χ0n) is 12.3. The van der Waals surface area contributed by atoms with Gasteiger partial charge in [-0.1, -0.05) is 36.6 Å². The third-order valence-electron chi connectivity index (χ3n) is 5.70. The highest BCUT2D eigenvalue weighted by Gasteiger charge is 2.44. The molecule has 1 heteroatoms. The molecule has 0 radical (unpaired) electrons. The third kappa shape index (κ3) is 2.33. The summed E-state index contributed by atoms with van der Waals surface area (Å²) in [6.45, 7) is 4.25. The van der Waals surface area contributed by atoms with Crippen LogP contribution in [0.2, 0.25) is 0 Å². The van der Waals surface area contributed by atoms with Crippen LogP contribution in [-0.2, 0) is 5.60 Å². The second kappa shape index (κ2) is 4.63. The molecule has 1 aromatic rings. The SMILES string of the molecule is Cc1ccc(C)c(C2(O)CCC3(CCCC3)CC2)c1. The van der Waals surface area contributed by atoms with Gasteiger partial charge in [-0.05, 0) is 68.9 Å². The van der Waals surface area contributed by atoms with Crippen molar-refractivity contribution in [3.63, 3.8) is 0 Å². The molecule has 2 saturated carbocycles. The van der Waals surface area contributed by atoms with E-state index in [0.29, 0.717) is 5.41 Å². The molecule has 1 nitrogen and oxygen atoms in total. The van der Waals surface area contributed by atoms with Crippen LogP contribution in [0.3, 0.4) is 0 Å². The highest BCUT2D eigenvalue weighted by molar-refractivity contribution is 5.35. The van der Waals surface area contributed by atoms with E-state index in [1.54, 1.807) is 0 Å². The van der Waals surface area contributed by atoms with Crippen LogP contribution < -0.4 is 0 Å². The van der Waals surface area contributed by atoms with Crippen LogP contribution in [0.25, 0.3) is 0 Å². The predicted molar refractivity (Wildman–Crippen MR) is 79.2 cm³/mol. The van der Waals surface area contributed by atoms with Crippen LogP contribution >= 0.6 is 0 Å². The monoisotopic (exact) mass is 258 g/mol. The maximum absolute atomic E-state index is 11.1. The lowest BCUT2D eigenvalue weighted by atomic mass is 9.65. The van der Waals surface area contributed by atoms with Gasteiger partial charge in [0.15, 0.2) is 0 Å². The first kappa shape index (κ1) is 13.2. The number of hydrogen-bond acceptors (Lipinski definition) is 1. The minimum atomic E-state index is -0.566. The Labute approximate surface area is 117 Å². The van der Waals surface area contributed by atoms with Gasteiger partial charge in [0, 0.05) is 0 Å².